The fraction of sp³-hybridized carbons (Fsp3) is 0.310. The molecule has 1 unspecified atom stereocenters. The predicted octanol–water partition coefficient (Wildman–Crippen LogP) is 6.69. The Labute approximate surface area is 211 Å². The van der Waals surface area contributed by atoms with Crippen LogP contribution in [0.1, 0.15) is 42.1 Å². The number of hydrogen-bond donors (Lipinski definition) is 0. The molecule has 0 spiro atoms. The molecule has 0 radical (unpaired) electrons. The normalized spacial score (nSPS) is 15.8. The lowest BCUT2D eigenvalue weighted by Gasteiger charge is -2.18. The molecule has 1 fully saturated rings. The van der Waals surface area contributed by atoms with Crippen LogP contribution >= 0.6 is 11.6 Å². The van der Waals surface area contributed by atoms with Crippen molar-refractivity contribution < 1.29 is 9.53 Å². The SMILES string of the molecule is Cc1ccc(C)c(OCCCCn2c(C3CC(=O)N(c4cccc(Cl)c4)C3)nc3ccccc32)c1. The van der Waals surface area contributed by atoms with Crippen molar-refractivity contribution in [3.05, 3.63) is 88.7 Å². The highest BCUT2D eigenvalue weighted by atomic mass is 35.5. The smallest absolute Gasteiger partial charge is 0.227 e. The van der Waals surface area contributed by atoms with E-state index in [-0.39, 0.29) is 11.8 Å². The summed E-state index contributed by atoms with van der Waals surface area (Å²) in [6, 6.07) is 22.0. The van der Waals surface area contributed by atoms with Crippen molar-refractivity contribution in [1.29, 1.82) is 0 Å². The third-order valence-corrected chi connectivity index (χ3v) is 6.91. The molecule has 1 saturated heterocycles. The van der Waals surface area contributed by atoms with E-state index in [1.807, 2.05) is 47.4 Å². The largest absolute Gasteiger partial charge is 0.493 e. The molecule has 5 rings (SSSR count). The number of anilines is 1. The van der Waals surface area contributed by atoms with Crippen molar-refractivity contribution in [1.82, 2.24) is 9.55 Å². The fourth-order valence-corrected chi connectivity index (χ4v) is 5.02. The second-order valence-corrected chi connectivity index (χ2v) is 9.76. The molecule has 1 amide bonds. The van der Waals surface area contributed by atoms with Crippen LogP contribution in [0.4, 0.5) is 5.69 Å². The average molecular weight is 488 g/mol. The Kier molecular flexibility index (Phi) is 6.78. The van der Waals surface area contributed by atoms with Gasteiger partial charge in [0.15, 0.2) is 0 Å². The lowest BCUT2D eigenvalue weighted by Crippen LogP contribution is -2.24. The zero-order valence-corrected chi connectivity index (χ0v) is 21.0. The summed E-state index contributed by atoms with van der Waals surface area (Å²) in [5.41, 5.74) is 5.30. The number of unbranched alkanes of at least 4 members (excludes halogenated alkanes) is 1. The maximum Gasteiger partial charge on any atom is 0.227 e. The maximum atomic E-state index is 12.9. The highest BCUT2D eigenvalue weighted by Gasteiger charge is 2.34. The molecule has 1 aliphatic heterocycles. The number of rotatable bonds is 8. The first kappa shape index (κ1) is 23.4. The Morgan fingerprint density at radius 1 is 1.03 bits per heavy atom. The van der Waals surface area contributed by atoms with Crippen LogP contribution in [0.25, 0.3) is 11.0 Å². The Hall–Kier alpha value is -3.31. The van der Waals surface area contributed by atoms with Gasteiger partial charge in [-0.25, -0.2) is 4.98 Å². The van der Waals surface area contributed by atoms with Gasteiger partial charge in [-0.05, 0) is 74.2 Å². The third-order valence-electron chi connectivity index (χ3n) is 6.67. The van der Waals surface area contributed by atoms with Crippen molar-refractivity contribution >= 4 is 34.2 Å². The van der Waals surface area contributed by atoms with Gasteiger partial charge in [0.1, 0.15) is 11.6 Å². The molecule has 0 N–H and O–H groups in total. The van der Waals surface area contributed by atoms with Gasteiger partial charge in [-0.3, -0.25) is 4.79 Å². The molecule has 4 aromatic rings. The van der Waals surface area contributed by atoms with Crippen LogP contribution in [-0.2, 0) is 11.3 Å². The number of carbonyl (C=O) groups excluding carboxylic acids is 1. The van der Waals surface area contributed by atoms with Gasteiger partial charge in [0.05, 0.1) is 17.6 Å². The number of aryl methyl sites for hydroxylation is 3. The van der Waals surface area contributed by atoms with E-state index in [2.05, 4.69) is 42.7 Å². The zero-order chi connectivity index (χ0) is 24.4. The van der Waals surface area contributed by atoms with E-state index in [0.29, 0.717) is 24.6 Å². The quantitative estimate of drug-likeness (QED) is 0.260. The highest BCUT2D eigenvalue weighted by molar-refractivity contribution is 6.30. The lowest BCUT2D eigenvalue weighted by atomic mass is 10.1. The average Bonchev–Trinajstić information content (AvgIpc) is 3.41. The molecule has 35 heavy (non-hydrogen) atoms. The molecule has 1 aromatic heterocycles. The van der Waals surface area contributed by atoms with E-state index in [9.17, 15) is 4.79 Å². The first-order chi connectivity index (χ1) is 17.0. The molecule has 1 aliphatic rings. The summed E-state index contributed by atoms with van der Waals surface area (Å²) >= 11 is 6.18. The zero-order valence-electron chi connectivity index (χ0n) is 20.2. The minimum atomic E-state index is 0.0417. The molecule has 180 valence electrons. The molecule has 1 atom stereocenters. The molecule has 3 aromatic carbocycles. The second-order valence-electron chi connectivity index (χ2n) is 9.32. The van der Waals surface area contributed by atoms with E-state index < -0.39 is 0 Å². The molecular formula is C29H30ClN3O2. The number of aromatic nitrogens is 2. The second kappa shape index (κ2) is 10.1. The van der Waals surface area contributed by atoms with Gasteiger partial charge < -0.3 is 14.2 Å². The summed E-state index contributed by atoms with van der Waals surface area (Å²) in [6.07, 6.45) is 2.36. The van der Waals surface area contributed by atoms with Gasteiger partial charge in [0.25, 0.3) is 0 Å². The molecule has 6 heteroatoms. The Morgan fingerprint density at radius 3 is 2.74 bits per heavy atom. The molecule has 0 aliphatic carbocycles. The van der Waals surface area contributed by atoms with Crippen molar-refractivity contribution in [2.45, 2.75) is 45.6 Å². The number of fused-ring (bicyclic) bond motifs is 1. The number of nitrogens with zero attached hydrogens (tertiary/aromatic N) is 3. The van der Waals surface area contributed by atoms with Crippen molar-refractivity contribution in [2.24, 2.45) is 0 Å². The third kappa shape index (κ3) is 5.06. The van der Waals surface area contributed by atoms with Gasteiger partial charge in [-0.15, -0.1) is 0 Å². The first-order valence-electron chi connectivity index (χ1n) is 12.2. The Balaban J connectivity index is 1.30. The number of carbonyl (C=O) groups is 1. The Bertz CT molecular complexity index is 1360. The van der Waals surface area contributed by atoms with E-state index in [1.54, 1.807) is 0 Å². The van der Waals surface area contributed by atoms with Gasteiger partial charge in [0, 0.05) is 36.1 Å². The summed E-state index contributed by atoms with van der Waals surface area (Å²) in [7, 11) is 0. The van der Waals surface area contributed by atoms with E-state index in [4.69, 9.17) is 21.3 Å². The van der Waals surface area contributed by atoms with Gasteiger partial charge in [-0.1, -0.05) is 41.9 Å². The summed E-state index contributed by atoms with van der Waals surface area (Å²) in [5.74, 6) is 2.10. The fourth-order valence-electron chi connectivity index (χ4n) is 4.83. The lowest BCUT2D eigenvalue weighted by molar-refractivity contribution is -0.117. The summed E-state index contributed by atoms with van der Waals surface area (Å²) in [5, 5.41) is 0.633. The summed E-state index contributed by atoms with van der Waals surface area (Å²) < 4.78 is 8.35. The molecule has 2 heterocycles. The standard InChI is InChI=1S/C29H30ClN3O2/c1-20-12-13-21(2)27(16-20)35-15-6-5-14-32-26-11-4-3-10-25(26)31-29(32)22-17-28(34)33(19-22)24-9-7-8-23(30)18-24/h3-4,7-13,16,18,22H,5-6,14-15,17,19H2,1-2H3. The molecule has 0 saturated carbocycles. The van der Waals surface area contributed by atoms with Crippen LogP contribution in [0.3, 0.4) is 0 Å². The van der Waals surface area contributed by atoms with Crippen LogP contribution in [0.15, 0.2) is 66.7 Å². The summed E-state index contributed by atoms with van der Waals surface area (Å²) in [4.78, 5) is 19.7. The summed E-state index contributed by atoms with van der Waals surface area (Å²) in [6.45, 7) is 6.29. The van der Waals surface area contributed by atoms with E-state index in [1.165, 1.54) is 5.56 Å². The highest BCUT2D eigenvalue weighted by Crippen LogP contribution is 2.34. The van der Waals surface area contributed by atoms with Crippen LogP contribution in [0.2, 0.25) is 5.02 Å². The van der Waals surface area contributed by atoms with Crippen LogP contribution in [0.5, 0.6) is 5.75 Å². The van der Waals surface area contributed by atoms with Gasteiger partial charge >= 0.3 is 0 Å². The number of amides is 1. The van der Waals surface area contributed by atoms with Crippen LogP contribution in [-0.4, -0.2) is 28.6 Å². The molecule has 0 bridgehead atoms. The minimum Gasteiger partial charge on any atom is -0.493 e. The predicted molar refractivity (Wildman–Crippen MR) is 142 cm³/mol. The van der Waals surface area contributed by atoms with Crippen LogP contribution in [0, 0.1) is 13.8 Å². The maximum absolute atomic E-state index is 12.9. The van der Waals surface area contributed by atoms with Gasteiger partial charge in [-0.2, -0.15) is 0 Å². The van der Waals surface area contributed by atoms with Gasteiger partial charge in [0.2, 0.25) is 5.91 Å². The van der Waals surface area contributed by atoms with Crippen molar-refractivity contribution in [3.8, 4) is 5.75 Å². The topological polar surface area (TPSA) is 47.4 Å². The van der Waals surface area contributed by atoms with Crippen LogP contribution < -0.4 is 9.64 Å². The Morgan fingerprint density at radius 2 is 1.89 bits per heavy atom. The van der Waals surface area contributed by atoms with Crippen molar-refractivity contribution in [3.63, 3.8) is 0 Å². The monoisotopic (exact) mass is 487 g/mol. The number of halogens is 1. The number of imidazole rings is 1. The number of para-hydroxylation sites is 2. The number of benzene rings is 3. The van der Waals surface area contributed by atoms with E-state index >= 15 is 0 Å². The minimum absolute atomic E-state index is 0.0417. The molecular weight excluding hydrogens is 458 g/mol. The van der Waals surface area contributed by atoms with Crippen molar-refractivity contribution in [2.75, 3.05) is 18.1 Å². The molecule has 5 nitrogen and oxygen atoms in total. The first-order valence-corrected chi connectivity index (χ1v) is 12.6. The number of ether oxygens (including phenoxy) is 1. The number of hydrogen-bond acceptors (Lipinski definition) is 3. The van der Waals surface area contributed by atoms with E-state index in [0.717, 1.165) is 53.2 Å².